The molecule has 3 aromatic carbocycles. The molecule has 0 amide bonds. The van der Waals surface area contributed by atoms with Gasteiger partial charge in [-0.15, -0.1) is 0 Å². The Balaban J connectivity index is 1.61. The summed E-state index contributed by atoms with van der Waals surface area (Å²) in [5.74, 6) is 0.587. The molecule has 0 saturated carbocycles. The minimum absolute atomic E-state index is 0.194. The highest BCUT2D eigenvalue weighted by molar-refractivity contribution is 6.32. The first-order valence-electron chi connectivity index (χ1n) is 12.2. The first kappa shape index (κ1) is 26.0. The lowest BCUT2D eigenvalue weighted by Gasteiger charge is -2.17. The van der Waals surface area contributed by atoms with E-state index in [0.717, 1.165) is 5.39 Å². The Morgan fingerprint density at radius 2 is 1.92 bits per heavy atom. The van der Waals surface area contributed by atoms with Crippen molar-refractivity contribution < 1.29 is 23.4 Å². The lowest BCUT2D eigenvalue weighted by atomic mass is 10.2. The van der Waals surface area contributed by atoms with E-state index in [9.17, 15) is 9.59 Å². The average Bonchev–Trinajstić information content (AvgIpc) is 3.38. The number of nitrogens with zero attached hydrogens (tertiary/aromatic N) is 3. The van der Waals surface area contributed by atoms with Crippen LogP contribution in [0, 0.1) is 0 Å². The molecule has 0 bridgehead atoms. The number of carbonyl (C=O) groups excluding carboxylic acids is 1. The molecular weight excluding hydrogens is 522 g/mol. The first-order valence-corrected chi connectivity index (χ1v) is 12.5. The molecule has 0 aliphatic carbocycles. The number of fused-ring (bicyclic) bond motifs is 2. The van der Waals surface area contributed by atoms with E-state index in [1.54, 1.807) is 37.3 Å². The summed E-state index contributed by atoms with van der Waals surface area (Å²) >= 11 is 6.51. The average molecular weight is 546 g/mol. The van der Waals surface area contributed by atoms with Crippen LogP contribution in [0.15, 0.2) is 81.0 Å². The second-order valence-corrected chi connectivity index (χ2v) is 8.92. The Morgan fingerprint density at radius 3 is 2.69 bits per heavy atom. The number of hydrogen-bond acceptors (Lipinski definition) is 8. The van der Waals surface area contributed by atoms with Gasteiger partial charge in [0.15, 0.2) is 23.4 Å². The molecule has 2 heterocycles. The summed E-state index contributed by atoms with van der Waals surface area (Å²) in [5, 5.41) is 5.95. The lowest BCUT2D eigenvalue weighted by molar-refractivity contribution is -0.147. The molecular formula is C29H24ClN3O6. The van der Waals surface area contributed by atoms with Crippen LogP contribution >= 0.6 is 11.6 Å². The van der Waals surface area contributed by atoms with Crippen LogP contribution in [0.2, 0.25) is 5.02 Å². The summed E-state index contributed by atoms with van der Waals surface area (Å²) in [6.45, 7) is 3.68. The number of methoxy groups -OCH3 is 1. The molecule has 0 saturated heterocycles. The van der Waals surface area contributed by atoms with Crippen molar-refractivity contribution in [3.8, 4) is 23.1 Å². The van der Waals surface area contributed by atoms with Gasteiger partial charge in [0.2, 0.25) is 5.82 Å². The molecule has 0 aliphatic heterocycles. The maximum absolute atomic E-state index is 13.5. The van der Waals surface area contributed by atoms with Gasteiger partial charge in [0.1, 0.15) is 5.58 Å². The summed E-state index contributed by atoms with van der Waals surface area (Å²) in [5.41, 5.74) is 1.34. The minimum Gasteiger partial charge on any atom is -0.490 e. The van der Waals surface area contributed by atoms with Crippen molar-refractivity contribution in [1.82, 2.24) is 9.66 Å². The van der Waals surface area contributed by atoms with Gasteiger partial charge in [0.05, 0.1) is 35.9 Å². The van der Waals surface area contributed by atoms with E-state index in [0.29, 0.717) is 40.2 Å². The summed E-state index contributed by atoms with van der Waals surface area (Å²) < 4.78 is 23.4. The molecule has 0 radical (unpaired) electrons. The zero-order valence-electron chi connectivity index (χ0n) is 21.4. The fourth-order valence-corrected chi connectivity index (χ4v) is 4.30. The second kappa shape index (κ2) is 11.0. The Kier molecular flexibility index (Phi) is 7.33. The van der Waals surface area contributed by atoms with E-state index >= 15 is 0 Å². The molecule has 9 nitrogen and oxygen atoms in total. The highest BCUT2D eigenvalue weighted by Crippen LogP contribution is 2.37. The van der Waals surface area contributed by atoms with Crippen molar-refractivity contribution >= 4 is 45.7 Å². The number of carbonyl (C=O) groups is 1. The largest absolute Gasteiger partial charge is 0.490 e. The van der Waals surface area contributed by atoms with Crippen molar-refractivity contribution in [2.24, 2.45) is 5.10 Å². The number of esters is 1. The van der Waals surface area contributed by atoms with Crippen LogP contribution in [0.5, 0.6) is 11.5 Å². The maximum Gasteiger partial charge on any atom is 0.346 e. The molecule has 0 aliphatic rings. The maximum atomic E-state index is 13.5. The molecule has 0 N–H and O–H groups in total. The number of benzene rings is 3. The number of furan rings is 1. The second-order valence-electron chi connectivity index (χ2n) is 8.51. The zero-order chi connectivity index (χ0) is 27.5. The number of rotatable bonds is 8. The number of hydrogen-bond donors (Lipinski definition) is 0. The van der Waals surface area contributed by atoms with Gasteiger partial charge in [0.25, 0.3) is 5.56 Å². The Hall–Kier alpha value is -4.63. The number of aromatic nitrogens is 2. The van der Waals surface area contributed by atoms with E-state index in [1.807, 2.05) is 43.3 Å². The van der Waals surface area contributed by atoms with Gasteiger partial charge in [-0.05, 0) is 55.8 Å². The van der Waals surface area contributed by atoms with Crippen molar-refractivity contribution in [2.45, 2.75) is 20.0 Å². The molecule has 5 rings (SSSR count). The molecule has 39 heavy (non-hydrogen) atoms. The molecule has 10 heteroatoms. The summed E-state index contributed by atoms with van der Waals surface area (Å²) in [6.07, 6.45) is 0.561. The molecule has 5 aromatic rings. The monoisotopic (exact) mass is 545 g/mol. The van der Waals surface area contributed by atoms with Crippen LogP contribution in [0.1, 0.15) is 19.4 Å². The standard InChI is InChI=1S/C29H24ClN3O6/c1-4-37-24-14-18(13-21(30)26(24)38-17(2)29(35)36-3)16-31-33-27(25-15-19-9-5-8-12-23(19)39-25)32-22-11-7-6-10-20(22)28(33)34/h5-17H,4H2,1-3H3/t17-/m1/s1. The minimum atomic E-state index is -0.903. The third-order valence-corrected chi connectivity index (χ3v) is 6.16. The quantitative estimate of drug-likeness (QED) is 0.182. The highest BCUT2D eigenvalue weighted by atomic mass is 35.5. The Morgan fingerprint density at radius 1 is 1.15 bits per heavy atom. The van der Waals surface area contributed by atoms with Crippen LogP contribution in [0.4, 0.5) is 0 Å². The molecule has 1 atom stereocenters. The lowest BCUT2D eigenvalue weighted by Crippen LogP contribution is -2.25. The van der Waals surface area contributed by atoms with E-state index in [4.69, 9.17) is 35.2 Å². The zero-order valence-corrected chi connectivity index (χ0v) is 22.1. The van der Waals surface area contributed by atoms with Crippen LogP contribution in [-0.2, 0) is 9.53 Å². The summed E-state index contributed by atoms with van der Waals surface area (Å²) in [6, 6.07) is 19.6. The summed E-state index contributed by atoms with van der Waals surface area (Å²) in [7, 11) is 1.27. The Bertz CT molecular complexity index is 1740. The van der Waals surface area contributed by atoms with E-state index < -0.39 is 12.1 Å². The fraction of sp³-hybridized carbons (Fsp3) is 0.172. The van der Waals surface area contributed by atoms with Crippen LogP contribution < -0.4 is 15.0 Å². The van der Waals surface area contributed by atoms with Crippen LogP contribution in [0.25, 0.3) is 33.5 Å². The van der Waals surface area contributed by atoms with Crippen molar-refractivity contribution in [3.63, 3.8) is 0 Å². The van der Waals surface area contributed by atoms with E-state index in [-0.39, 0.29) is 22.2 Å². The van der Waals surface area contributed by atoms with Gasteiger partial charge < -0.3 is 18.6 Å². The normalized spacial score (nSPS) is 12.2. The van der Waals surface area contributed by atoms with Gasteiger partial charge in [-0.25, -0.2) is 9.78 Å². The van der Waals surface area contributed by atoms with Crippen molar-refractivity contribution in [1.29, 1.82) is 0 Å². The van der Waals surface area contributed by atoms with Gasteiger partial charge >= 0.3 is 5.97 Å². The third-order valence-electron chi connectivity index (χ3n) is 5.88. The number of ether oxygens (including phenoxy) is 3. The third kappa shape index (κ3) is 5.21. The van der Waals surface area contributed by atoms with Crippen molar-refractivity contribution in [2.75, 3.05) is 13.7 Å². The highest BCUT2D eigenvalue weighted by Gasteiger charge is 2.21. The molecule has 2 aromatic heterocycles. The fourth-order valence-electron chi connectivity index (χ4n) is 4.04. The molecule has 0 spiro atoms. The Labute approximate surface area is 228 Å². The topological polar surface area (TPSA) is 105 Å². The smallest absolute Gasteiger partial charge is 0.346 e. The molecule has 0 fully saturated rings. The van der Waals surface area contributed by atoms with E-state index in [1.165, 1.54) is 18.0 Å². The predicted molar refractivity (Wildman–Crippen MR) is 149 cm³/mol. The summed E-state index contributed by atoms with van der Waals surface area (Å²) in [4.78, 5) is 30.1. The molecule has 0 unspecified atom stereocenters. The SMILES string of the molecule is CCOc1cc(C=Nn2c(-c3cc4ccccc4o3)nc3ccccc3c2=O)cc(Cl)c1O[C@H](C)C(=O)OC. The molecule has 198 valence electrons. The number of para-hydroxylation sites is 2. The predicted octanol–water partition coefficient (Wildman–Crippen LogP) is 5.68. The van der Waals surface area contributed by atoms with Gasteiger partial charge in [-0.2, -0.15) is 9.78 Å². The van der Waals surface area contributed by atoms with Crippen LogP contribution in [-0.4, -0.2) is 41.7 Å². The number of halogens is 1. The van der Waals surface area contributed by atoms with Gasteiger partial charge in [-0.3, -0.25) is 4.79 Å². The first-order chi connectivity index (χ1) is 18.9. The van der Waals surface area contributed by atoms with Crippen molar-refractivity contribution in [3.05, 3.63) is 87.7 Å². The van der Waals surface area contributed by atoms with Gasteiger partial charge in [0, 0.05) is 5.39 Å². The van der Waals surface area contributed by atoms with Crippen LogP contribution in [0.3, 0.4) is 0 Å². The van der Waals surface area contributed by atoms with Gasteiger partial charge in [-0.1, -0.05) is 41.9 Å². The van der Waals surface area contributed by atoms with E-state index in [2.05, 4.69) is 5.10 Å².